The molecule has 1 aliphatic heterocycles. The Kier molecular flexibility index (Phi) is 4.60. The highest BCUT2D eigenvalue weighted by Gasteiger charge is 2.28. The van der Waals surface area contributed by atoms with Gasteiger partial charge in [0.15, 0.2) is 0 Å². The first kappa shape index (κ1) is 15.8. The van der Waals surface area contributed by atoms with Crippen LogP contribution >= 0.6 is 0 Å². The second-order valence-electron chi connectivity index (χ2n) is 4.79. The summed E-state index contributed by atoms with van der Waals surface area (Å²) in [4.78, 5) is 31.3. The number of amides is 1. The summed E-state index contributed by atoms with van der Waals surface area (Å²) in [5.74, 6) is -0.658. The lowest BCUT2D eigenvalue weighted by molar-refractivity contribution is -0.115. The molecular weight excluding hydrogens is 282 g/mol. The number of rotatable bonds is 3. The summed E-state index contributed by atoms with van der Waals surface area (Å²) in [5, 5.41) is 2.75. The summed E-state index contributed by atoms with van der Waals surface area (Å²) in [7, 11) is 1.62. The zero-order valence-electron chi connectivity index (χ0n) is 13.1. The molecule has 0 atom stereocenters. The Labute approximate surface area is 129 Å². The van der Waals surface area contributed by atoms with Gasteiger partial charge in [-0.1, -0.05) is 6.08 Å². The van der Waals surface area contributed by atoms with Gasteiger partial charge in [0.25, 0.3) is 5.91 Å². The molecule has 6 heteroatoms. The molecule has 2 N–H and O–H groups in total. The number of nitrogens with one attached hydrogen (secondary N) is 2. The number of hydrogen-bond donors (Lipinski definition) is 2. The number of esters is 1. The maximum atomic E-state index is 12.1. The number of aliphatic imine (C=N–C) groups is 1. The molecule has 1 aliphatic rings. The molecule has 0 unspecified atom stereocenters. The van der Waals surface area contributed by atoms with Crippen LogP contribution in [0.2, 0.25) is 0 Å². The van der Waals surface area contributed by atoms with Crippen molar-refractivity contribution in [2.75, 3.05) is 13.7 Å². The van der Waals surface area contributed by atoms with E-state index < -0.39 is 5.97 Å². The van der Waals surface area contributed by atoms with Gasteiger partial charge < -0.3 is 15.0 Å². The third kappa shape index (κ3) is 2.86. The molecule has 1 saturated heterocycles. The Morgan fingerprint density at radius 3 is 2.77 bits per heavy atom. The Morgan fingerprint density at radius 2 is 2.18 bits per heavy atom. The van der Waals surface area contributed by atoms with Gasteiger partial charge in [0.05, 0.1) is 34.8 Å². The number of aromatic amines is 1. The van der Waals surface area contributed by atoms with Crippen molar-refractivity contribution in [3.63, 3.8) is 0 Å². The molecule has 0 aromatic carbocycles. The topological polar surface area (TPSA) is 83.5 Å². The molecule has 116 valence electrons. The lowest BCUT2D eigenvalue weighted by Crippen LogP contribution is -2.13. The lowest BCUT2D eigenvalue weighted by Gasteiger charge is -2.01. The summed E-state index contributed by atoms with van der Waals surface area (Å²) in [6.45, 7) is 5.71. The van der Waals surface area contributed by atoms with Crippen LogP contribution in [0.1, 0.15) is 35.6 Å². The molecular formula is C16H19N3O3. The number of carbonyl (C=O) groups is 2. The fourth-order valence-electron chi connectivity index (χ4n) is 2.33. The first-order valence-corrected chi connectivity index (χ1v) is 7.05. The molecule has 6 nitrogen and oxygen atoms in total. The molecule has 2 heterocycles. The Morgan fingerprint density at radius 1 is 1.45 bits per heavy atom. The lowest BCUT2D eigenvalue weighted by atomic mass is 10.1. The van der Waals surface area contributed by atoms with E-state index >= 15 is 0 Å². The summed E-state index contributed by atoms with van der Waals surface area (Å²) >= 11 is 0. The van der Waals surface area contributed by atoms with Crippen LogP contribution in [0.15, 0.2) is 28.4 Å². The Bertz CT molecular complexity index is 708. The predicted octanol–water partition coefficient (Wildman–Crippen LogP) is 1.99. The minimum Gasteiger partial charge on any atom is -0.462 e. The summed E-state index contributed by atoms with van der Waals surface area (Å²) in [6.07, 6.45) is 3.42. The van der Waals surface area contributed by atoms with Crippen molar-refractivity contribution >= 4 is 23.7 Å². The second kappa shape index (κ2) is 6.43. The van der Waals surface area contributed by atoms with E-state index in [4.69, 9.17) is 4.74 Å². The third-order valence-corrected chi connectivity index (χ3v) is 3.28. The number of nitrogens with zero attached hydrogens (tertiary/aromatic N) is 1. The molecule has 1 aromatic heterocycles. The van der Waals surface area contributed by atoms with E-state index in [9.17, 15) is 9.59 Å². The Balaban J connectivity index is 2.49. The van der Waals surface area contributed by atoms with E-state index in [0.29, 0.717) is 34.8 Å². The van der Waals surface area contributed by atoms with Gasteiger partial charge >= 0.3 is 5.97 Å². The van der Waals surface area contributed by atoms with E-state index in [1.807, 2.05) is 13.8 Å². The first-order valence-electron chi connectivity index (χ1n) is 7.05. The van der Waals surface area contributed by atoms with Crippen molar-refractivity contribution in [1.29, 1.82) is 0 Å². The van der Waals surface area contributed by atoms with Gasteiger partial charge in [0, 0.05) is 12.7 Å². The number of ether oxygens (including phenoxy) is 1. The van der Waals surface area contributed by atoms with E-state index in [2.05, 4.69) is 15.3 Å². The molecule has 0 bridgehead atoms. The fourth-order valence-corrected chi connectivity index (χ4v) is 2.33. The predicted molar refractivity (Wildman–Crippen MR) is 84.7 cm³/mol. The van der Waals surface area contributed by atoms with Crippen LogP contribution in [0.25, 0.3) is 6.08 Å². The summed E-state index contributed by atoms with van der Waals surface area (Å²) in [6, 6.07) is 1.70. The molecule has 22 heavy (non-hydrogen) atoms. The van der Waals surface area contributed by atoms with Crippen molar-refractivity contribution < 1.29 is 14.3 Å². The number of aryl methyl sites for hydroxylation is 1. The highest BCUT2D eigenvalue weighted by Crippen LogP contribution is 2.21. The van der Waals surface area contributed by atoms with Crippen molar-refractivity contribution in [1.82, 2.24) is 10.3 Å². The van der Waals surface area contributed by atoms with Gasteiger partial charge in [-0.3, -0.25) is 9.79 Å². The first-order chi connectivity index (χ1) is 10.5. The number of allylic oxidation sites excluding steroid dienone is 2. The Hall–Kier alpha value is -2.63. The molecule has 1 fully saturated rings. The van der Waals surface area contributed by atoms with E-state index in [-0.39, 0.29) is 5.91 Å². The fraction of sp³-hybridized carbons (Fsp3) is 0.312. The van der Waals surface area contributed by atoms with Crippen LogP contribution in [0.4, 0.5) is 0 Å². The highest BCUT2D eigenvalue weighted by atomic mass is 16.5. The maximum absolute atomic E-state index is 12.1. The smallest absolute Gasteiger partial charge is 0.340 e. The molecule has 0 radical (unpaired) electrons. The van der Waals surface area contributed by atoms with Gasteiger partial charge in [-0.25, -0.2) is 4.79 Å². The van der Waals surface area contributed by atoms with Gasteiger partial charge in [-0.15, -0.1) is 0 Å². The summed E-state index contributed by atoms with van der Waals surface area (Å²) in [5.41, 5.74) is 3.43. The van der Waals surface area contributed by atoms with Crippen molar-refractivity contribution in [3.05, 3.63) is 40.4 Å². The monoisotopic (exact) mass is 301 g/mol. The zero-order valence-corrected chi connectivity index (χ0v) is 13.1. The number of hydrogen-bond acceptors (Lipinski definition) is 4. The maximum Gasteiger partial charge on any atom is 0.340 e. The van der Waals surface area contributed by atoms with Gasteiger partial charge in [0.1, 0.15) is 0 Å². The SMILES string of the molecule is C/C=C1/NC(=O)/C(=C\c2[nH]c(C)cc2C(=O)OCC)C1=NC. The van der Waals surface area contributed by atoms with Crippen LogP contribution in [0.5, 0.6) is 0 Å². The van der Waals surface area contributed by atoms with Crippen molar-refractivity contribution in [3.8, 4) is 0 Å². The molecule has 2 rings (SSSR count). The zero-order chi connectivity index (χ0) is 16.3. The number of carbonyl (C=O) groups excluding carboxylic acids is 2. The van der Waals surface area contributed by atoms with Crippen LogP contribution in [-0.4, -0.2) is 36.2 Å². The van der Waals surface area contributed by atoms with Crippen LogP contribution < -0.4 is 5.32 Å². The largest absolute Gasteiger partial charge is 0.462 e. The van der Waals surface area contributed by atoms with E-state index in [1.54, 1.807) is 32.2 Å². The minimum atomic E-state index is -0.418. The quantitative estimate of drug-likeness (QED) is 0.661. The van der Waals surface area contributed by atoms with Crippen molar-refractivity contribution in [2.24, 2.45) is 4.99 Å². The normalized spacial score (nSPS) is 20.0. The molecule has 1 aromatic rings. The van der Waals surface area contributed by atoms with Crippen LogP contribution in [-0.2, 0) is 9.53 Å². The molecule has 0 saturated carbocycles. The second-order valence-corrected chi connectivity index (χ2v) is 4.79. The number of H-pyrrole nitrogens is 1. The van der Waals surface area contributed by atoms with Gasteiger partial charge in [-0.2, -0.15) is 0 Å². The molecule has 1 amide bonds. The van der Waals surface area contributed by atoms with Crippen LogP contribution in [0.3, 0.4) is 0 Å². The third-order valence-electron chi connectivity index (χ3n) is 3.28. The average Bonchev–Trinajstić information content (AvgIpc) is 3.00. The van der Waals surface area contributed by atoms with E-state index in [1.165, 1.54) is 0 Å². The average molecular weight is 301 g/mol. The summed E-state index contributed by atoms with van der Waals surface area (Å²) < 4.78 is 5.04. The van der Waals surface area contributed by atoms with Crippen LogP contribution in [0, 0.1) is 6.92 Å². The minimum absolute atomic E-state index is 0.240. The number of aromatic nitrogens is 1. The highest BCUT2D eigenvalue weighted by molar-refractivity contribution is 6.36. The standard InChI is InChI=1S/C16H19N3O3/c1-5-12-14(17-4)11(15(20)19-12)8-13-10(7-9(3)18-13)16(21)22-6-2/h5,7-8,18H,6H2,1-4H3,(H,19,20)/b11-8-,12-5+,17-14?. The van der Waals surface area contributed by atoms with Gasteiger partial charge in [-0.05, 0) is 32.9 Å². The molecule has 0 aliphatic carbocycles. The molecule has 0 spiro atoms. The van der Waals surface area contributed by atoms with Crippen molar-refractivity contribution in [2.45, 2.75) is 20.8 Å². The van der Waals surface area contributed by atoms with E-state index in [0.717, 1.165) is 5.69 Å². The van der Waals surface area contributed by atoms with Gasteiger partial charge in [0.2, 0.25) is 0 Å².